The fourth-order valence-electron chi connectivity index (χ4n) is 2.27. The molecule has 0 aromatic carbocycles. The summed E-state index contributed by atoms with van der Waals surface area (Å²) in [5, 5.41) is 3.35. The summed E-state index contributed by atoms with van der Waals surface area (Å²) in [7, 11) is 0. The molecule has 17 heavy (non-hydrogen) atoms. The van der Waals surface area contributed by atoms with Gasteiger partial charge in [-0.15, -0.1) is 0 Å². The highest BCUT2D eigenvalue weighted by atomic mass is 16.5. The van der Waals surface area contributed by atoms with E-state index in [2.05, 4.69) is 17.2 Å². The molecule has 0 saturated carbocycles. The molecule has 0 unspecified atom stereocenters. The number of nitrogens with zero attached hydrogens (tertiary/aromatic N) is 2. The third-order valence-electron chi connectivity index (χ3n) is 3.35. The van der Waals surface area contributed by atoms with Crippen LogP contribution in [0.15, 0.2) is 30.6 Å². The van der Waals surface area contributed by atoms with Crippen molar-refractivity contribution in [1.29, 1.82) is 0 Å². The monoisotopic (exact) mass is 231 g/mol. The molecule has 0 spiro atoms. The molecule has 0 aliphatic carbocycles. The van der Waals surface area contributed by atoms with Crippen LogP contribution in [0.3, 0.4) is 0 Å². The van der Waals surface area contributed by atoms with Crippen molar-refractivity contribution in [1.82, 2.24) is 14.7 Å². The van der Waals surface area contributed by atoms with Crippen LogP contribution in [0.25, 0.3) is 5.65 Å². The molecule has 4 nitrogen and oxygen atoms in total. The van der Waals surface area contributed by atoms with Crippen LogP contribution >= 0.6 is 0 Å². The second kappa shape index (κ2) is 4.04. The Morgan fingerprint density at radius 1 is 1.35 bits per heavy atom. The van der Waals surface area contributed by atoms with Crippen molar-refractivity contribution in [3.8, 4) is 5.88 Å². The van der Waals surface area contributed by atoms with Gasteiger partial charge in [0.05, 0.1) is 6.20 Å². The summed E-state index contributed by atoms with van der Waals surface area (Å²) < 4.78 is 8.04. The summed E-state index contributed by atoms with van der Waals surface area (Å²) in [6.45, 7) is 4.20. The minimum atomic E-state index is -0.0802. The molecule has 0 bridgehead atoms. The lowest BCUT2D eigenvalue weighted by atomic mass is 9.95. The van der Waals surface area contributed by atoms with E-state index in [1.165, 1.54) is 0 Å². The Balaban J connectivity index is 1.84. The van der Waals surface area contributed by atoms with Gasteiger partial charge in [-0.3, -0.25) is 0 Å². The van der Waals surface area contributed by atoms with E-state index in [1.807, 2.05) is 35.0 Å². The van der Waals surface area contributed by atoms with E-state index in [0.717, 1.165) is 37.5 Å². The van der Waals surface area contributed by atoms with Crippen molar-refractivity contribution in [2.24, 2.45) is 0 Å². The molecular weight excluding hydrogens is 214 g/mol. The number of pyridine rings is 1. The number of nitrogens with one attached hydrogen (secondary N) is 1. The SMILES string of the molecule is CC1(Oc2cn3ccccc3n2)CCNCC1. The summed E-state index contributed by atoms with van der Waals surface area (Å²) in [4.78, 5) is 4.47. The molecule has 1 fully saturated rings. The van der Waals surface area contributed by atoms with Gasteiger partial charge >= 0.3 is 0 Å². The number of piperidine rings is 1. The molecule has 0 atom stereocenters. The van der Waals surface area contributed by atoms with Crippen LogP contribution in [0.2, 0.25) is 0 Å². The summed E-state index contributed by atoms with van der Waals surface area (Å²) in [6.07, 6.45) is 5.99. The molecule has 3 heterocycles. The smallest absolute Gasteiger partial charge is 0.233 e. The normalized spacial score (nSPS) is 19.4. The van der Waals surface area contributed by atoms with Crippen molar-refractivity contribution in [2.75, 3.05) is 13.1 Å². The molecule has 1 aliphatic heterocycles. The van der Waals surface area contributed by atoms with Crippen LogP contribution in [0.1, 0.15) is 19.8 Å². The highest BCUT2D eigenvalue weighted by Gasteiger charge is 2.29. The number of hydrogen-bond acceptors (Lipinski definition) is 3. The van der Waals surface area contributed by atoms with Gasteiger partial charge in [0.1, 0.15) is 11.2 Å². The van der Waals surface area contributed by atoms with Crippen LogP contribution < -0.4 is 10.1 Å². The average Bonchev–Trinajstić information content (AvgIpc) is 2.71. The largest absolute Gasteiger partial charge is 0.470 e. The van der Waals surface area contributed by atoms with Crippen LogP contribution in [-0.2, 0) is 0 Å². The summed E-state index contributed by atoms with van der Waals surface area (Å²) in [5.41, 5.74) is 0.850. The molecule has 90 valence electrons. The third kappa shape index (κ3) is 2.13. The zero-order valence-corrected chi connectivity index (χ0v) is 10.0. The number of rotatable bonds is 2. The predicted octanol–water partition coefficient (Wildman–Crippen LogP) is 1.86. The van der Waals surface area contributed by atoms with Crippen molar-refractivity contribution in [3.63, 3.8) is 0 Å². The van der Waals surface area contributed by atoms with Gasteiger partial charge < -0.3 is 14.5 Å². The van der Waals surface area contributed by atoms with Gasteiger partial charge in [-0.1, -0.05) is 6.07 Å². The van der Waals surface area contributed by atoms with Crippen molar-refractivity contribution < 1.29 is 4.74 Å². The number of ether oxygens (including phenoxy) is 1. The van der Waals surface area contributed by atoms with E-state index in [0.29, 0.717) is 0 Å². The maximum Gasteiger partial charge on any atom is 0.233 e. The standard InChI is InChI=1S/C13H17N3O/c1-13(5-7-14-8-6-13)17-12-10-16-9-3-2-4-11(16)15-12/h2-4,9-10,14H,5-8H2,1H3. The van der Waals surface area contributed by atoms with Crippen LogP contribution in [0, 0.1) is 0 Å². The Labute approximate surface area is 101 Å². The van der Waals surface area contributed by atoms with E-state index in [-0.39, 0.29) is 5.60 Å². The van der Waals surface area contributed by atoms with Crippen molar-refractivity contribution >= 4 is 5.65 Å². The zero-order chi connectivity index (χ0) is 11.7. The highest BCUT2D eigenvalue weighted by Crippen LogP contribution is 2.25. The van der Waals surface area contributed by atoms with E-state index < -0.39 is 0 Å². The molecule has 4 heteroatoms. The maximum absolute atomic E-state index is 6.06. The Morgan fingerprint density at radius 2 is 2.18 bits per heavy atom. The Morgan fingerprint density at radius 3 is 2.94 bits per heavy atom. The second-order valence-electron chi connectivity index (χ2n) is 4.85. The topological polar surface area (TPSA) is 38.6 Å². The van der Waals surface area contributed by atoms with Gasteiger partial charge in [0, 0.05) is 6.20 Å². The first-order chi connectivity index (χ1) is 8.25. The van der Waals surface area contributed by atoms with E-state index in [4.69, 9.17) is 4.74 Å². The Hall–Kier alpha value is -1.55. The number of aromatic nitrogens is 2. The van der Waals surface area contributed by atoms with Gasteiger partial charge in [-0.2, -0.15) is 4.98 Å². The zero-order valence-electron chi connectivity index (χ0n) is 10.0. The predicted molar refractivity (Wildman–Crippen MR) is 66.3 cm³/mol. The highest BCUT2D eigenvalue weighted by molar-refractivity contribution is 5.41. The quantitative estimate of drug-likeness (QED) is 0.857. The van der Waals surface area contributed by atoms with Gasteiger partial charge in [-0.25, -0.2) is 0 Å². The fourth-order valence-corrected chi connectivity index (χ4v) is 2.27. The van der Waals surface area contributed by atoms with Gasteiger partial charge in [0.15, 0.2) is 0 Å². The molecule has 3 rings (SSSR count). The Bertz CT molecular complexity index is 481. The molecule has 2 aromatic heterocycles. The second-order valence-corrected chi connectivity index (χ2v) is 4.85. The molecule has 1 N–H and O–H groups in total. The van der Waals surface area contributed by atoms with Crippen LogP contribution in [0.4, 0.5) is 0 Å². The maximum atomic E-state index is 6.06. The van der Waals surface area contributed by atoms with E-state index in [9.17, 15) is 0 Å². The minimum Gasteiger partial charge on any atom is -0.470 e. The van der Waals surface area contributed by atoms with Crippen molar-refractivity contribution in [3.05, 3.63) is 30.6 Å². The molecule has 2 aromatic rings. The van der Waals surface area contributed by atoms with Gasteiger partial charge in [0.2, 0.25) is 5.88 Å². The molecular formula is C13H17N3O. The number of hydrogen-bond donors (Lipinski definition) is 1. The lowest BCUT2D eigenvalue weighted by Gasteiger charge is -2.33. The fraction of sp³-hybridized carbons (Fsp3) is 0.462. The average molecular weight is 231 g/mol. The van der Waals surface area contributed by atoms with Crippen molar-refractivity contribution in [2.45, 2.75) is 25.4 Å². The van der Waals surface area contributed by atoms with Gasteiger partial charge in [0.25, 0.3) is 0 Å². The number of fused-ring (bicyclic) bond motifs is 1. The van der Waals surface area contributed by atoms with Crippen LogP contribution in [0.5, 0.6) is 5.88 Å². The first-order valence-corrected chi connectivity index (χ1v) is 6.09. The van der Waals surface area contributed by atoms with Crippen LogP contribution in [-0.4, -0.2) is 28.1 Å². The number of imidazole rings is 1. The first kappa shape index (κ1) is 10.6. The summed E-state index contributed by atoms with van der Waals surface area (Å²) >= 11 is 0. The van der Waals surface area contributed by atoms with Gasteiger partial charge in [-0.05, 0) is 45.0 Å². The van der Waals surface area contributed by atoms with E-state index in [1.54, 1.807) is 0 Å². The molecule has 1 aliphatic rings. The Kier molecular flexibility index (Phi) is 2.52. The lowest BCUT2D eigenvalue weighted by Crippen LogP contribution is -2.43. The lowest BCUT2D eigenvalue weighted by molar-refractivity contribution is 0.0514. The molecule has 0 radical (unpaired) electrons. The molecule has 0 amide bonds. The third-order valence-corrected chi connectivity index (χ3v) is 3.35. The minimum absolute atomic E-state index is 0.0802. The summed E-state index contributed by atoms with van der Waals surface area (Å²) in [5.74, 6) is 0.723. The van der Waals surface area contributed by atoms with E-state index >= 15 is 0 Å². The molecule has 1 saturated heterocycles. The summed E-state index contributed by atoms with van der Waals surface area (Å²) in [6, 6.07) is 5.96. The first-order valence-electron chi connectivity index (χ1n) is 6.09.